The molecule has 9 nitrogen and oxygen atoms in total. The van der Waals surface area contributed by atoms with Gasteiger partial charge in [0.05, 0.1) is 5.69 Å². The number of nitrogens with zero attached hydrogens (tertiary/aromatic N) is 5. The summed E-state index contributed by atoms with van der Waals surface area (Å²) in [4.78, 5) is 9.20. The smallest absolute Gasteiger partial charge is 0.220 e. The van der Waals surface area contributed by atoms with Crippen molar-refractivity contribution < 1.29 is 12.9 Å². The summed E-state index contributed by atoms with van der Waals surface area (Å²) in [6, 6.07) is 2.10. The van der Waals surface area contributed by atoms with Gasteiger partial charge in [0.1, 0.15) is 12.0 Å². The van der Waals surface area contributed by atoms with Crippen LogP contribution in [0.25, 0.3) is 0 Å². The van der Waals surface area contributed by atoms with Crippen LogP contribution in [0.4, 0.5) is 0 Å². The van der Waals surface area contributed by atoms with Gasteiger partial charge in [-0.25, -0.2) is 8.42 Å². The van der Waals surface area contributed by atoms with E-state index < -0.39 is 10.0 Å². The van der Waals surface area contributed by atoms with Gasteiger partial charge in [-0.2, -0.15) is 4.31 Å². The number of sulfonamides is 1. The molecule has 3 heterocycles. The molecule has 0 radical (unpaired) electrons. The van der Waals surface area contributed by atoms with Crippen LogP contribution < -0.4 is 5.32 Å². The van der Waals surface area contributed by atoms with E-state index >= 15 is 0 Å². The highest BCUT2D eigenvalue weighted by molar-refractivity contribution is 14.0. The van der Waals surface area contributed by atoms with Gasteiger partial charge in [-0.3, -0.25) is 9.89 Å². The van der Waals surface area contributed by atoms with Gasteiger partial charge in [-0.15, -0.1) is 24.0 Å². The summed E-state index contributed by atoms with van der Waals surface area (Å²) in [7, 11) is -1.60. The Bertz CT molecular complexity index is 773. The van der Waals surface area contributed by atoms with Crippen LogP contribution >= 0.6 is 24.0 Å². The van der Waals surface area contributed by atoms with Crippen molar-refractivity contribution in [1.82, 2.24) is 24.6 Å². The summed E-state index contributed by atoms with van der Waals surface area (Å²) < 4.78 is 31.6. The quantitative estimate of drug-likeness (QED) is 0.291. The maximum absolute atomic E-state index is 12.6. The number of aromatic nitrogens is 1. The number of likely N-dealkylation sites (tertiary alicyclic amines) is 1. The van der Waals surface area contributed by atoms with E-state index in [1.165, 1.54) is 36.5 Å². The van der Waals surface area contributed by atoms with Crippen LogP contribution in [-0.4, -0.2) is 92.5 Å². The van der Waals surface area contributed by atoms with Gasteiger partial charge in [0.25, 0.3) is 0 Å². The second kappa shape index (κ2) is 12.4. The minimum atomic E-state index is -3.40. The van der Waals surface area contributed by atoms with Crippen LogP contribution in [0.2, 0.25) is 0 Å². The van der Waals surface area contributed by atoms with Gasteiger partial charge >= 0.3 is 0 Å². The Balaban J connectivity index is 0.00000341. The zero-order valence-corrected chi connectivity index (χ0v) is 22.0. The number of hydrogen-bond acceptors (Lipinski definition) is 6. The average Bonchev–Trinajstić information content (AvgIpc) is 3.41. The van der Waals surface area contributed by atoms with Crippen molar-refractivity contribution in [2.75, 3.05) is 52.9 Å². The minimum Gasteiger partial charge on any atom is -0.364 e. The first-order chi connectivity index (χ1) is 14.4. The Hall–Kier alpha value is -0.920. The first kappa shape index (κ1) is 26.3. The summed E-state index contributed by atoms with van der Waals surface area (Å²) in [5, 5.41) is 7.28. The average molecular weight is 569 g/mol. The Labute approximate surface area is 203 Å². The normalized spacial score (nSPS) is 20.1. The molecule has 178 valence electrons. The van der Waals surface area contributed by atoms with Crippen molar-refractivity contribution in [3.05, 3.63) is 18.0 Å². The highest BCUT2D eigenvalue weighted by Gasteiger charge is 2.29. The predicted molar refractivity (Wildman–Crippen MR) is 133 cm³/mol. The molecule has 1 unspecified atom stereocenters. The van der Waals surface area contributed by atoms with E-state index in [9.17, 15) is 8.42 Å². The van der Waals surface area contributed by atoms with E-state index in [-0.39, 0.29) is 29.7 Å². The molecule has 2 aliphatic heterocycles. The van der Waals surface area contributed by atoms with Crippen molar-refractivity contribution in [1.29, 1.82) is 0 Å². The van der Waals surface area contributed by atoms with E-state index in [1.807, 2.05) is 0 Å². The SMILES string of the molecule is CN=C(NCC(CC(C)C)N1CCCC1)N1CCN(S(=O)(=O)Cc2ccon2)CC1.I. The minimum absolute atomic E-state index is 0. The van der Waals surface area contributed by atoms with Gasteiger partial charge in [0, 0.05) is 51.9 Å². The van der Waals surface area contributed by atoms with Gasteiger partial charge in [0.2, 0.25) is 10.0 Å². The van der Waals surface area contributed by atoms with Crippen LogP contribution in [0.5, 0.6) is 0 Å². The molecule has 0 aromatic carbocycles. The van der Waals surface area contributed by atoms with E-state index in [0.29, 0.717) is 43.8 Å². The molecular weight excluding hydrogens is 531 g/mol. The third-order valence-electron chi connectivity index (χ3n) is 5.86. The molecule has 0 amide bonds. The van der Waals surface area contributed by atoms with Crippen LogP contribution in [-0.2, 0) is 15.8 Å². The fourth-order valence-corrected chi connectivity index (χ4v) is 5.75. The molecule has 3 rings (SSSR count). The fourth-order valence-electron chi connectivity index (χ4n) is 4.32. The first-order valence-electron chi connectivity index (χ1n) is 11.0. The van der Waals surface area contributed by atoms with Gasteiger partial charge in [-0.05, 0) is 38.3 Å². The van der Waals surface area contributed by atoms with Crippen molar-refractivity contribution in [3.8, 4) is 0 Å². The summed E-state index contributed by atoms with van der Waals surface area (Å²) in [5.41, 5.74) is 0.438. The van der Waals surface area contributed by atoms with Crippen LogP contribution in [0.1, 0.15) is 38.8 Å². The Morgan fingerprint density at radius 1 is 1.19 bits per heavy atom. The van der Waals surface area contributed by atoms with E-state index in [0.717, 1.165) is 18.9 Å². The molecule has 11 heteroatoms. The third-order valence-corrected chi connectivity index (χ3v) is 7.67. The second-order valence-corrected chi connectivity index (χ2v) is 10.6. The number of rotatable bonds is 8. The maximum Gasteiger partial charge on any atom is 0.220 e. The molecular formula is C20H37IN6O3S. The lowest BCUT2D eigenvalue weighted by Crippen LogP contribution is -2.55. The van der Waals surface area contributed by atoms with Crippen molar-refractivity contribution in [2.45, 2.75) is 44.9 Å². The van der Waals surface area contributed by atoms with Crippen LogP contribution in [0, 0.1) is 5.92 Å². The van der Waals surface area contributed by atoms with E-state index in [2.05, 4.69) is 39.1 Å². The van der Waals surface area contributed by atoms with Crippen molar-refractivity contribution in [3.63, 3.8) is 0 Å². The number of piperazine rings is 1. The lowest BCUT2D eigenvalue weighted by Gasteiger charge is -2.37. The van der Waals surface area contributed by atoms with Crippen LogP contribution in [0.15, 0.2) is 21.8 Å². The number of guanidine groups is 1. The molecule has 1 N–H and O–H groups in total. The molecule has 0 saturated carbocycles. The summed E-state index contributed by atoms with van der Waals surface area (Å²) in [6.45, 7) is 9.92. The first-order valence-corrected chi connectivity index (χ1v) is 12.6. The van der Waals surface area contributed by atoms with E-state index in [4.69, 9.17) is 4.52 Å². The number of nitrogens with one attached hydrogen (secondary N) is 1. The largest absolute Gasteiger partial charge is 0.364 e. The van der Waals surface area contributed by atoms with Gasteiger partial charge in [0.15, 0.2) is 5.96 Å². The standard InChI is InChI=1S/C20H36N6O3S.HI/c1-17(2)14-19(24-7-4-5-8-24)15-22-20(21-3)25-9-11-26(12-10-25)30(27,28)16-18-6-13-29-23-18;/h6,13,17,19H,4-5,7-12,14-16H2,1-3H3,(H,21,22);1H. The molecule has 1 atom stereocenters. The lowest BCUT2D eigenvalue weighted by atomic mass is 10.0. The zero-order valence-electron chi connectivity index (χ0n) is 18.9. The predicted octanol–water partition coefficient (Wildman–Crippen LogP) is 1.83. The molecule has 0 aliphatic carbocycles. The number of halogens is 1. The summed E-state index contributed by atoms with van der Waals surface area (Å²) >= 11 is 0. The molecule has 2 saturated heterocycles. The summed E-state index contributed by atoms with van der Waals surface area (Å²) in [6.07, 6.45) is 5.13. The molecule has 1 aromatic rings. The topological polar surface area (TPSA) is 94.3 Å². The third kappa shape index (κ3) is 7.57. The van der Waals surface area contributed by atoms with Gasteiger partial charge in [-0.1, -0.05) is 19.0 Å². The van der Waals surface area contributed by atoms with Gasteiger partial charge < -0.3 is 14.7 Å². The summed E-state index contributed by atoms with van der Waals surface area (Å²) in [5.74, 6) is 1.39. The fraction of sp³-hybridized carbons (Fsp3) is 0.800. The molecule has 0 bridgehead atoms. The monoisotopic (exact) mass is 568 g/mol. The highest BCUT2D eigenvalue weighted by Crippen LogP contribution is 2.18. The second-order valence-electron chi connectivity index (χ2n) is 8.59. The number of hydrogen-bond donors (Lipinski definition) is 1. The molecule has 2 aliphatic rings. The highest BCUT2D eigenvalue weighted by atomic mass is 127. The Morgan fingerprint density at radius 3 is 2.42 bits per heavy atom. The Kier molecular flexibility index (Phi) is 10.5. The number of aliphatic imine (C=N–C) groups is 1. The van der Waals surface area contributed by atoms with Crippen LogP contribution in [0.3, 0.4) is 0 Å². The molecule has 2 fully saturated rings. The maximum atomic E-state index is 12.6. The lowest BCUT2D eigenvalue weighted by molar-refractivity contribution is 0.208. The zero-order chi connectivity index (χ0) is 21.6. The molecule has 0 spiro atoms. The molecule has 1 aromatic heterocycles. The molecule has 31 heavy (non-hydrogen) atoms. The van der Waals surface area contributed by atoms with Crippen molar-refractivity contribution in [2.24, 2.45) is 10.9 Å². The van der Waals surface area contributed by atoms with E-state index in [1.54, 1.807) is 13.1 Å². The Morgan fingerprint density at radius 2 is 1.87 bits per heavy atom. The van der Waals surface area contributed by atoms with Crippen molar-refractivity contribution >= 4 is 40.0 Å².